The lowest BCUT2D eigenvalue weighted by molar-refractivity contribution is -0.189. The molecule has 1 saturated carbocycles. The van der Waals surface area contributed by atoms with Gasteiger partial charge in [0.15, 0.2) is 11.6 Å². The monoisotopic (exact) mass is 392 g/mol. The summed E-state index contributed by atoms with van der Waals surface area (Å²) in [6, 6.07) is 2.58. The summed E-state index contributed by atoms with van der Waals surface area (Å²) in [6.07, 6.45) is -2.35. The van der Waals surface area contributed by atoms with Crippen LogP contribution in [-0.2, 0) is 14.3 Å². The van der Waals surface area contributed by atoms with Crippen molar-refractivity contribution in [2.45, 2.75) is 38.8 Å². The van der Waals surface area contributed by atoms with E-state index in [9.17, 15) is 27.2 Å². The largest absolute Gasteiger partial charge is 0.491 e. The van der Waals surface area contributed by atoms with Crippen molar-refractivity contribution < 1.29 is 41.4 Å². The Morgan fingerprint density at radius 2 is 1.78 bits per heavy atom. The number of benzene rings is 1. The van der Waals surface area contributed by atoms with Crippen LogP contribution in [0.1, 0.15) is 32.6 Å². The molecule has 1 aromatic carbocycles. The lowest BCUT2D eigenvalue weighted by Gasteiger charge is -2.26. The molecule has 2 rings (SSSR count). The molecule has 0 radical (unpaired) electrons. The smallest absolute Gasteiger partial charge is 0.426 e. The Labute approximate surface area is 153 Å². The van der Waals surface area contributed by atoms with E-state index < -0.39 is 29.7 Å². The molecular formula is C18H20F4O5. The lowest BCUT2D eigenvalue weighted by Crippen LogP contribution is -2.28. The Hall–Kier alpha value is -2.16. The summed E-state index contributed by atoms with van der Waals surface area (Å²) >= 11 is 0. The predicted molar refractivity (Wildman–Crippen MR) is 85.7 cm³/mol. The molecule has 0 N–H and O–H groups in total. The quantitative estimate of drug-likeness (QED) is 0.415. The third kappa shape index (κ3) is 6.20. The first-order chi connectivity index (χ1) is 12.7. The van der Waals surface area contributed by atoms with E-state index in [2.05, 4.69) is 4.74 Å². The number of ether oxygens (including phenoxy) is 3. The molecule has 0 heterocycles. The van der Waals surface area contributed by atoms with Crippen LogP contribution in [-0.4, -0.2) is 31.3 Å². The van der Waals surface area contributed by atoms with Crippen LogP contribution in [0.4, 0.5) is 17.6 Å². The molecule has 0 aromatic heterocycles. The molecule has 1 aliphatic carbocycles. The molecule has 0 unspecified atom stereocenters. The first-order valence-corrected chi connectivity index (χ1v) is 8.58. The van der Waals surface area contributed by atoms with Crippen molar-refractivity contribution in [3.8, 4) is 11.5 Å². The van der Waals surface area contributed by atoms with Gasteiger partial charge in [0.2, 0.25) is 0 Å². The highest BCUT2D eigenvalue weighted by Crippen LogP contribution is 2.31. The van der Waals surface area contributed by atoms with Gasteiger partial charge in [-0.2, -0.15) is 13.2 Å². The Bertz CT molecular complexity index is 666. The Balaban J connectivity index is 1.89. The molecule has 27 heavy (non-hydrogen) atoms. The molecule has 150 valence electrons. The summed E-state index contributed by atoms with van der Waals surface area (Å²) in [7, 11) is 0. The van der Waals surface area contributed by atoms with Crippen molar-refractivity contribution in [3.63, 3.8) is 0 Å². The van der Waals surface area contributed by atoms with Gasteiger partial charge in [0.25, 0.3) is 0 Å². The van der Waals surface area contributed by atoms with Gasteiger partial charge < -0.3 is 14.2 Å². The first kappa shape index (κ1) is 21.1. The Morgan fingerprint density at radius 1 is 1.11 bits per heavy atom. The maximum atomic E-state index is 13.8. The fraction of sp³-hybridized carbons (Fsp3) is 0.556. The van der Waals surface area contributed by atoms with E-state index >= 15 is 0 Å². The van der Waals surface area contributed by atoms with Gasteiger partial charge in [-0.1, -0.05) is 0 Å². The minimum atomic E-state index is -5.24. The summed E-state index contributed by atoms with van der Waals surface area (Å²) in [5.41, 5.74) is 0. The van der Waals surface area contributed by atoms with Crippen molar-refractivity contribution in [2.24, 2.45) is 11.8 Å². The van der Waals surface area contributed by atoms with Crippen LogP contribution in [0.15, 0.2) is 18.2 Å². The van der Waals surface area contributed by atoms with Gasteiger partial charge >= 0.3 is 18.1 Å². The topological polar surface area (TPSA) is 61.8 Å². The van der Waals surface area contributed by atoms with E-state index in [-0.39, 0.29) is 11.7 Å². The summed E-state index contributed by atoms with van der Waals surface area (Å²) in [6.45, 7) is 3.21. The Kier molecular flexibility index (Phi) is 7.18. The van der Waals surface area contributed by atoms with Gasteiger partial charge in [0.05, 0.1) is 5.92 Å². The van der Waals surface area contributed by atoms with Crippen molar-refractivity contribution in [2.75, 3.05) is 13.2 Å². The van der Waals surface area contributed by atoms with E-state index in [0.29, 0.717) is 38.0 Å². The molecule has 9 heteroatoms. The molecule has 0 saturated heterocycles. The van der Waals surface area contributed by atoms with Crippen LogP contribution in [0.2, 0.25) is 0 Å². The normalized spacial score (nSPS) is 20.2. The average molecular weight is 392 g/mol. The highest BCUT2D eigenvalue weighted by molar-refractivity contribution is 5.78. The zero-order chi connectivity index (χ0) is 20.0. The van der Waals surface area contributed by atoms with Crippen molar-refractivity contribution >= 4 is 11.9 Å². The standard InChI is InChI=1S/C18H20F4O5/c1-2-25-10-11-3-5-12(6-4-11)16(23)26-13-7-8-15(14(19)9-13)27-17(24)18(20,21)22/h7-9,11-12H,2-6,10H2,1H3. The van der Waals surface area contributed by atoms with Crippen LogP contribution in [0.3, 0.4) is 0 Å². The molecule has 0 amide bonds. The summed E-state index contributed by atoms with van der Waals surface area (Å²) in [5, 5.41) is 0. The van der Waals surface area contributed by atoms with Gasteiger partial charge in [0.1, 0.15) is 5.75 Å². The molecule has 0 bridgehead atoms. The maximum Gasteiger partial charge on any atom is 0.491 e. The second-order valence-electron chi connectivity index (χ2n) is 6.28. The molecule has 1 aliphatic rings. The average Bonchev–Trinajstić information content (AvgIpc) is 2.61. The van der Waals surface area contributed by atoms with E-state index in [1.54, 1.807) is 0 Å². The molecular weight excluding hydrogens is 372 g/mol. The van der Waals surface area contributed by atoms with Crippen molar-refractivity contribution in [1.29, 1.82) is 0 Å². The maximum absolute atomic E-state index is 13.8. The minimum Gasteiger partial charge on any atom is -0.426 e. The second kappa shape index (κ2) is 9.16. The van der Waals surface area contributed by atoms with E-state index in [1.807, 2.05) is 6.92 Å². The molecule has 1 aromatic rings. The van der Waals surface area contributed by atoms with Crippen LogP contribution in [0.5, 0.6) is 11.5 Å². The first-order valence-electron chi connectivity index (χ1n) is 8.58. The van der Waals surface area contributed by atoms with Crippen LogP contribution >= 0.6 is 0 Å². The highest BCUT2D eigenvalue weighted by Gasteiger charge is 2.41. The SMILES string of the molecule is CCOCC1CCC(C(=O)Oc2ccc(OC(=O)C(F)(F)F)c(F)c2)CC1. The molecule has 5 nitrogen and oxygen atoms in total. The third-order valence-corrected chi connectivity index (χ3v) is 4.29. The minimum absolute atomic E-state index is 0.166. The number of carbonyl (C=O) groups excluding carboxylic acids is 2. The van der Waals surface area contributed by atoms with E-state index in [1.165, 1.54) is 0 Å². The molecule has 1 fully saturated rings. The number of hydrogen-bond donors (Lipinski definition) is 0. The number of alkyl halides is 3. The van der Waals surface area contributed by atoms with Crippen molar-refractivity contribution in [1.82, 2.24) is 0 Å². The number of halogens is 4. The zero-order valence-corrected chi connectivity index (χ0v) is 14.7. The van der Waals surface area contributed by atoms with Crippen molar-refractivity contribution in [3.05, 3.63) is 24.0 Å². The fourth-order valence-corrected chi connectivity index (χ4v) is 2.83. The molecule has 0 atom stereocenters. The van der Waals surface area contributed by atoms with Gasteiger partial charge in [-0.3, -0.25) is 4.79 Å². The van der Waals surface area contributed by atoms with Gasteiger partial charge in [-0.25, -0.2) is 9.18 Å². The van der Waals surface area contributed by atoms with Gasteiger partial charge in [0, 0.05) is 19.3 Å². The van der Waals surface area contributed by atoms with Gasteiger partial charge in [-0.05, 0) is 50.7 Å². The fourth-order valence-electron chi connectivity index (χ4n) is 2.83. The second-order valence-corrected chi connectivity index (χ2v) is 6.28. The zero-order valence-electron chi connectivity index (χ0n) is 14.7. The highest BCUT2D eigenvalue weighted by atomic mass is 19.4. The predicted octanol–water partition coefficient (Wildman–Crippen LogP) is 4.04. The van der Waals surface area contributed by atoms with Crippen LogP contribution < -0.4 is 9.47 Å². The summed E-state index contributed by atoms with van der Waals surface area (Å²) in [5.74, 6) is -5.28. The Morgan fingerprint density at radius 3 is 2.33 bits per heavy atom. The van der Waals surface area contributed by atoms with E-state index in [4.69, 9.17) is 9.47 Å². The molecule has 0 spiro atoms. The van der Waals surface area contributed by atoms with Crippen LogP contribution in [0, 0.1) is 17.7 Å². The lowest BCUT2D eigenvalue weighted by atomic mass is 9.82. The summed E-state index contributed by atoms with van der Waals surface area (Å²) in [4.78, 5) is 22.9. The number of carbonyl (C=O) groups is 2. The summed E-state index contributed by atoms with van der Waals surface area (Å²) < 4.78 is 64.7. The number of hydrogen-bond acceptors (Lipinski definition) is 5. The third-order valence-electron chi connectivity index (χ3n) is 4.29. The number of esters is 2. The van der Waals surface area contributed by atoms with Gasteiger partial charge in [-0.15, -0.1) is 0 Å². The number of rotatable bonds is 6. The van der Waals surface area contributed by atoms with Crippen LogP contribution in [0.25, 0.3) is 0 Å². The van der Waals surface area contributed by atoms with E-state index in [0.717, 1.165) is 25.0 Å². The molecule has 0 aliphatic heterocycles.